The zero-order valence-corrected chi connectivity index (χ0v) is 19.8. The van der Waals surface area contributed by atoms with Crippen molar-refractivity contribution < 1.29 is 13.5 Å². The third kappa shape index (κ3) is 4.05. The van der Waals surface area contributed by atoms with E-state index in [1.807, 2.05) is 0 Å². The number of imidazole rings is 1. The van der Waals surface area contributed by atoms with Gasteiger partial charge >= 0.3 is 0 Å². The lowest BCUT2D eigenvalue weighted by Gasteiger charge is -2.39. The summed E-state index contributed by atoms with van der Waals surface area (Å²) < 4.78 is 36.7. The molecule has 2 aliphatic rings. The van der Waals surface area contributed by atoms with E-state index in [1.165, 1.54) is 12.1 Å². The van der Waals surface area contributed by atoms with E-state index in [2.05, 4.69) is 43.6 Å². The fraction of sp³-hybridized carbons (Fsp3) is 0.480. The van der Waals surface area contributed by atoms with Gasteiger partial charge < -0.3 is 14.2 Å². The first-order chi connectivity index (χ1) is 15.5. The SMILES string of the molecule is COC1CCC(n2c([C@@H]3CCCCN3c3ccc(F)c(F)c3)nc3cc(Br)ccc32)CC1. The lowest BCUT2D eigenvalue weighted by atomic mass is 9.92. The molecule has 0 unspecified atom stereocenters. The molecule has 0 N–H and O–H groups in total. The Morgan fingerprint density at radius 2 is 1.78 bits per heavy atom. The molecule has 32 heavy (non-hydrogen) atoms. The zero-order chi connectivity index (χ0) is 22.2. The predicted molar refractivity (Wildman–Crippen MR) is 126 cm³/mol. The Balaban J connectivity index is 1.59. The number of hydrogen-bond acceptors (Lipinski definition) is 3. The van der Waals surface area contributed by atoms with Crippen molar-refractivity contribution in [3.8, 4) is 0 Å². The number of piperidine rings is 1. The van der Waals surface area contributed by atoms with Crippen LogP contribution >= 0.6 is 15.9 Å². The molecule has 0 bridgehead atoms. The molecule has 1 aliphatic heterocycles. The lowest BCUT2D eigenvalue weighted by Crippen LogP contribution is -2.36. The van der Waals surface area contributed by atoms with E-state index >= 15 is 0 Å². The molecular weight excluding hydrogens is 476 g/mol. The predicted octanol–water partition coefficient (Wildman–Crippen LogP) is 6.94. The summed E-state index contributed by atoms with van der Waals surface area (Å²) in [5.41, 5.74) is 2.83. The van der Waals surface area contributed by atoms with E-state index in [0.29, 0.717) is 12.1 Å². The summed E-state index contributed by atoms with van der Waals surface area (Å²) in [6.07, 6.45) is 7.55. The van der Waals surface area contributed by atoms with Gasteiger partial charge in [-0.05, 0) is 75.3 Å². The second-order valence-electron chi connectivity index (χ2n) is 8.94. The highest BCUT2D eigenvalue weighted by Crippen LogP contribution is 2.41. The average molecular weight is 504 g/mol. The first kappa shape index (κ1) is 21.8. The second-order valence-corrected chi connectivity index (χ2v) is 9.86. The molecule has 0 amide bonds. The van der Waals surface area contributed by atoms with Crippen LogP contribution in [0.5, 0.6) is 0 Å². The highest BCUT2D eigenvalue weighted by atomic mass is 79.9. The molecule has 2 heterocycles. The summed E-state index contributed by atoms with van der Waals surface area (Å²) in [7, 11) is 1.79. The van der Waals surface area contributed by atoms with Crippen LogP contribution < -0.4 is 4.90 Å². The van der Waals surface area contributed by atoms with Gasteiger partial charge in [-0.3, -0.25) is 0 Å². The van der Waals surface area contributed by atoms with Gasteiger partial charge in [-0.1, -0.05) is 15.9 Å². The fourth-order valence-corrected chi connectivity index (χ4v) is 5.77. The zero-order valence-electron chi connectivity index (χ0n) is 18.2. The minimum absolute atomic E-state index is 0.0277. The Kier molecular flexibility index (Phi) is 6.21. The number of halogens is 3. The standard InChI is InChI=1S/C25H28BrF2N3O/c1-32-19-9-6-17(7-10-19)31-23-12-5-16(26)14-22(23)29-25(31)24-4-2-3-13-30(24)18-8-11-20(27)21(28)15-18/h5,8,11-12,14-15,17,19,24H,2-4,6-7,9-10,13H2,1H3/t17?,19?,24-/m0/s1. The van der Waals surface area contributed by atoms with Gasteiger partial charge in [0.05, 0.1) is 23.2 Å². The molecule has 1 atom stereocenters. The first-order valence-corrected chi connectivity index (χ1v) is 12.3. The Hall–Kier alpha value is -1.99. The van der Waals surface area contributed by atoms with Crippen LogP contribution in [0.25, 0.3) is 11.0 Å². The van der Waals surface area contributed by atoms with Crippen LogP contribution in [0.2, 0.25) is 0 Å². The number of fused-ring (bicyclic) bond motifs is 1. The molecule has 170 valence electrons. The van der Waals surface area contributed by atoms with Gasteiger partial charge in [0.2, 0.25) is 0 Å². The van der Waals surface area contributed by atoms with Gasteiger partial charge in [0, 0.05) is 35.9 Å². The molecule has 1 saturated carbocycles. The van der Waals surface area contributed by atoms with Crippen molar-refractivity contribution in [2.24, 2.45) is 0 Å². The van der Waals surface area contributed by atoms with Crippen LogP contribution in [0, 0.1) is 11.6 Å². The minimum atomic E-state index is -0.811. The number of ether oxygens (including phenoxy) is 1. The molecule has 1 saturated heterocycles. The van der Waals surface area contributed by atoms with Crippen molar-refractivity contribution in [1.29, 1.82) is 0 Å². The molecule has 0 spiro atoms. The normalized spacial score (nSPS) is 24.2. The van der Waals surface area contributed by atoms with Crippen molar-refractivity contribution in [1.82, 2.24) is 9.55 Å². The number of hydrogen-bond donors (Lipinski definition) is 0. The Morgan fingerprint density at radius 3 is 2.53 bits per heavy atom. The summed E-state index contributed by atoms with van der Waals surface area (Å²) in [5, 5.41) is 0. The third-order valence-corrected chi connectivity index (χ3v) is 7.55. The van der Waals surface area contributed by atoms with Gasteiger partial charge in [-0.25, -0.2) is 13.8 Å². The molecule has 4 nitrogen and oxygen atoms in total. The topological polar surface area (TPSA) is 30.3 Å². The van der Waals surface area contributed by atoms with E-state index in [0.717, 1.165) is 78.5 Å². The van der Waals surface area contributed by atoms with Crippen molar-refractivity contribution in [3.63, 3.8) is 0 Å². The van der Waals surface area contributed by atoms with Crippen molar-refractivity contribution in [2.45, 2.75) is 63.1 Å². The number of methoxy groups -OCH3 is 1. The highest BCUT2D eigenvalue weighted by Gasteiger charge is 2.33. The van der Waals surface area contributed by atoms with E-state index in [-0.39, 0.29) is 6.04 Å². The van der Waals surface area contributed by atoms with Crippen LogP contribution in [0.3, 0.4) is 0 Å². The van der Waals surface area contributed by atoms with Gasteiger partial charge in [0.15, 0.2) is 11.6 Å². The quantitative estimate of drug-likeness (QED) is 0.386. The van der Waals surface area contributed by atoms with Gasteiger partial charge in [0.25, 0.3) is 0 Å². The molecule has 1 aromatic heterocycles. The molecular formula is C25H28BrF2N3O. The van der Waals surface area contributed by atoms with Crippen LogP contribution in [-0.4, -0.2) is 29.3 Å². The first-order valence-electron chi connectivity index (χ1n) is 11.5. The maximum atomic E-state index is 14.1. The average Bonchev–Trinajstić information content (AvgIpc) is 3.19. The van der Waals surface area contributed by atoms with Crippen molar-refractivity contribution in [3.05, 3.63) is 58.3 Å². The molecule has 3 aromatic rings. The smallest absolute Gasteiger partial charge is 0.160 e. The van der Waals surface area contributed by atoms with Crippen molar-refractivity contribution >= 4 is 32.7 Å². The molecule has 0 radical (unpaired) electrons. The van der Waals surface area contributed by atoms with Gasteiger partial charge in [0.1, 0.15) is 5.82 Å². The summed E-state index contributed by atoms with van der Waals surface area (Å²) >= 11 is 3.59. The highest BCUT2D eigenvalue weighted by molar-refractivity contribution is 9.10. The number of anilines is 1. The largest absolute Gasteiger partial charge is 0.381 e. The number of benzene rings is 2. The maximum absolute atomic E-state index is 14.1. The van der Waals surface area contributed by atoms with E-state index in [4.69, 9.17) is 9.72 Å². The number of aromatic nitrogens is 2. The summed E-state index contributed by atoms with van der Waals surface area (Å²) in [5.74, 6) is -0.583. The van der Waals surface area contributed by atoms with Crippen LogP contribution in [-0.2, 0) is 4.74 Å². The number of nitrogens with zero attached hydrogens (tertiary/aromatic N) is 3. The van der Waals surface area contributed by atoms with Gasteiger partial charge in [-0.2, -0.15) is 0 Å². The Morgan fingerprint density at radius 1 is 0.969 bits per heavy atom. The molecule has 5 rings (SSSR count). The second kappa shape index (κ2) is 9.10. The van der Waals surface area contributed by atoms with E-state index in [1.54, 1.807) is 13.2 Å². The summed E-state index contributed by atoms with van der Waals surface area (Å²) in [4.78, 5) is 7.33. The number of rotatable bonds is 4. The third-order valence-electron chi connectivity index (χ3n) is 7.06. The summed E-state index contributed by atoms with van der Waals surface area (Å²) in [6.45, 7) is 0.805. The van der Waals surface area contributed by atoms with E-state index < -0.39 is 11.6 Å². The molecule has 7 heteroatoms. The van der Waals surface area contributed by atoms with Crippen molar-refractivity contribution in [2.75, 3.05) is 18.6 Å². The van der Waals surface area contributed by atoms with Crippen LogP contribution in [0.4, 0.5) is 14.5 Å². The fourth-order valence-electron chi connectivity index (χ4n) is 5.42. The van der Waals surface area contributed by atoms with Crippen LogP contribution in [0.15, 0.2) is 40.9 Å². The maximum Gasteiger partial charge on any atom is 0.160 e. The molecule has 1 aliphatic carbocycles. The Bertz CT molecular complexity index is 1110. The minimum Gasteiger partial charge on any atom is -0.381 e. The monoisotopic (exact) mass is 503 g/mol. The molecule has 2 aromatic carbocycles. The Labute approximate surface area is 195 Å². The van der Waals surface area contributed by atoms with Crippen LogP contribution in [0.1, 0.15) is 62.9 Å². The molecule has 2 fully saturated rings. The summed E-state index contributed by atoms with van der Waals surface area (Å²) in [6, 6.07) is 10.9. The van der Waals surface area contributed by atoms with Gasteiger partial charge in [-0.15, -0.1) is 0 Å². The lowest BCUT2D eigenvalue weighted by molar-refractivity contribution is 0.0584. The van der Waals surface area contributed by atoms with E-state index in [9.17, 15) is 8.78 Å².